The van der Waals surface area contributed by atoms with Gasteiger partial charge in [-0.15, -0.1) is 0 Å². The van der Waals surface area contributed by atoms with Gasteiger partial charge in [-0.2, -0.15) is 0 Å². The average molecular weight is 228 g/mol. The normalized spacial score (nSPS) is 28.3. The molecule has 16 heavy (non-hydrogen) atoms. The summed E-state index contributed by atoms with van der Waals surface area (Å²) >= 11 is 0. The van der Waals surface area contributed by atoms with E-state index in [1.165, 1.54) is 0 Å². The first-order valence-corrected chi connectivity index (χ1v) is 6.56. The van der Waals surface area contributed by atoms with E-state index in [1.807, 2.05) is 0 Å². The molecule has 0 bridgehead atoms. The Kier molecular flexibility index (Phi) is 5.22. The molecular formula is C13H28N2O. The van der Waals surface area contributed by atoms with E-state index in [9.17, 15) is 5.11 Å². The number of piperidine rings is 1. The summed E-state index contributed by atoms with van der Waals surface area (Å²) in [7, 11) is 0. The van der Waals surface area contributed by atoms with E-state index < -0.39 is 0 Å². The molecule has 0 aliphatic carbocycles. The Balaban J connectivity index is 2.36. The number of rotatable bonds is 5. The van der Waals surface area contributed by atoms with Gasteiger partial charge in [-0.05, 0) is 24.3 Å². The molecule has 96 valence electrons. The smallest absolute Gasteiger partial charge is 0.0590 e. The molecule has 0 spiro atoms. The summed E-state index contributed by atoms with van der Waals surface area (Å²) in [6, 6.07) is 0. The maximum atomic E-state index is 9.70. The summed E-state index contributed by atoms with van der Waals surface area (Å²) in [5.74, 6) is 0.420. The molecule has 3 nitrogen and oxygen atoms in total. The van der Waals surface area contributed by atoms with Crippen LogP contribution in [0.4, 0.5) is 0 Å². The van der Waals surface area contributed by atoms with Gasteiger partial charge in [0.1, 0.15) is 0 Å². The quantitative estimate of drug-likeness (QED) is 0.745. The second-order valence-electron chi connectivity index (χ2n) is 6.01. The molecular weight excluding hydrogens is 200 g/mol. The summed E-state index contributed by atoms with van der Waals surface area (Å²) in [6.45, 7) is 14.2. The predicted octanol–water partition coefficient (Wildman–Crippen LogP) is 1.32. The van der Waals surface area contributed by atoms with Crippen molar-refractivity contribution in [1.29, 1.82) is 0 Å². The largest absolute Gasteiger partial charge is 0.393 e. The third-order valence-corrected chi connectivity index (χ3v) is 3.45. The van der Waals surface area contributed by atoms with Crippen LogP contribution in [0, 0.1) is 11.3 Å². The van der Waals surface area contributed by atoms with Crippen molar-refractivity contribution in [2.24, 2.45) is 11.3 Å². The Labute approximate surface area is 100 Å². The van der Waals surface area contributed by atoms with E-state index in [0.29, 0.717) is 11.3 Å². The molecule has 0 aromatic carbocycles. The van der Waals surface area contributed by atoms with Crippen LogP contribution < -0.4 is 5.32 Å². The fraction of sp³-hybridized carbons (Fsp3) is 1.00. The van der Waals surface area contributed by atoms with E-state index >= 15 is 0 Å². The Morgan fingerprint density at radius 1 is 1.44 bits per heavy atom. The maximum Gasteiger partial charge on any atom is 0.0590 e. The Bertz CT molecular complexity index is 206. The molecule has 0 aromatic heterocycles. The first-order chi connectivity index (χ1) is 7.44. The lowest BCUT2D eigenvalue weighted by atomic mass is 9.89. The minimum atomic E-state index is -0.0897. The minimum Gasteiger partial charge on any atom is -0.393 e. The van der Waals surface area contributed by atoms with Gasteiger partial charge in [-0.25, -0.2) is 0 Å². The van der Waals surface area contributed by atoms with Crippen molar-refractivity contribution in [3.63, 3.8) is 0 Å². The third kappa shape index (κ3) is 4.40. The van der Waals surface area contributed by atoms with Crippen LogP contribution in [-0.4, -0.2) is 48.8 Å². The van der Waals surface area contributed by atoms with E-state index in [4.69, 9.17) is 0 Å². The zero-order valence-corrected chi connectivity index (χ0v) is 11.3. The molecule has 3 heteroatoms. The fourth-order valence-electron chi connectivity index (χ4n) is 2.49. The van der Waals surface area contributed by atoms with Crippen LogP contribution in [0.15, 0.2) is 0 Å². The summed E-state index contributed by atoms with van der Waals surface area (Å²) < 4.78 is 0. The lowest BCUT2D eigenvalue weighted by molar-refractivity contribution is 0.0211. The monoisotopic (exact) mass is 228 g/mol. The Morgan fingerprint density at radius 3 is 2.69 bits per heavy atom. The van der Waals surface area contributed by atoms with Crippen LogP contribution in [-0.2, 0) is 0 Å². The molecule has 2 atom stereocenters. The highest BCUT2D eigenvalue weighted by Gasteiger charge is 2.28. The Morgan fingerprint density at radius 2 is 2.12 bits per heavy atom. The van der Waals surface area contributed by atoms with Crippen molar-refractivity contribution in [3.05, 3.63) is 0 Å². The highest BCUT2D eigenvalue weighted by atomic mass is 16.3. The number of aliphatic hydroxyl groups excluding tert-OH is 1. The van der Waals surface area contributed by atoms with Gasteiger partial charge in [0.15, 0.2) is 0 Å². The number of hydrogen-bond donors (Lipinski definition) is 2. The van der Waals surface area contributed by atoms with Crippen LogP contribution >= 0.6 is 0 Å². The molecule has 1 fully saturated rings. The molecule has 1 aliphatic heterocycles. The summed E-state index contributed by atoms with van der Waals surface area (Å²) in [6.07, 6.45) is 0.839. The lowest BCUT2D eigenvalue weighted by Gasteiger charge is -2.39. The Hall–Kier alpha value is -0.120. The number of nitrogens with zero attached hydrogens (tertiary/aromatic N) is 1. The summed E-state index contributed by atoms with van der Waals surface area (Å²) in [5.41, 5.74) is 0.317. The molecule has 1 heterocycles. The second-order valence-corrected chi connectivity index (χ2v) is 6.01. The van der Waals surface area contributed by atoms with Crippen LogP contribution in [0.3, 0.4) is 0 Å². The van der Waals surface area contributed by atoms with Crippen molar-refractivity contribution in [3.8, 4) is 0 Å². The highest BCUT2D eigenvalue weighted by Crippen LogP contribution is 2.22. The predicted molar refractivity (Wildman–Crippen MR) is 68.6 cm³/mol. The molecule has 0 radical (unpaired) electrons. The molecule has 1 saturated heterocycles. The van der Waals surface area contributed by atoms with E-state index in [2.05, 4.69) is 37.9 Å². The van der Waals surface area contributed by atoms with Crippen molar-refractivity contribution < 1.29 is 5.11 Å². The number of likely N-dealkylation sites (tertiary alicyclic amines) is 1. The zero-order valence-electron chi connectivity index (χ0n) is 11.3. The topological polar surface area (TPSA) is 35.5 Å². The van der Waals surface area contributed by atoms with Crippen molar-refractivity contribution in [1.82, 2.24) is 10.2 Å². The zero-order chi connectivity index (χ0) is 12.2. The van der Waals surface area contributed by atoms with Gasteiger partial charge in [0.05, 0.1) is 6.10 Å². The molecule has 1 rings (SSSR count). The molecule has 0 amide bonds. The van der Waals surface area contributed by atoms with Gasteiger partial charge in [0.2, 0.25) is 0 Å². The van der Waals surface area contributed by atoms with Gasteiger partial charge in [-0.1, -0.05) is 27.7 Å². The third-order valence-electron chi connectivity index (χ3n) is 3.45. The molecule has 0 saturated carbocycles. The molecule has 2 unspecified atom stereocenters. The summed E-state index contributed by atoms with van der Waals surface area (Å²) in [4.78, 5) is 2.49. The van der Waals surface area contributed by atoms with Gasteiger partial charge in [0, 0.05) is 26.2 Å². The summed E-state index contributed by atoms with van der Waals surface area (Å²) in [5, 5.41) is 13.1. The first kappa shape index (κ1) is 13.9. The van der Waals surface area contributed by atoms with Crippen molar-refractivity contribution in [2.75, 3.05) is 32.7 Å². The maximum absolute atomic E-state index is 9.70. The van der Waals surface area contributed by atoms with Gasteiger partial charge < -0.3 is 15.3 Å². The molecule has 0 aromatic rings. The standard InChI is InChI=1S/C13H28N2O/c1-5-14-9-13(3,4)10-15-7-6-12(16)11(2)8-15/h11-12,14,16H,5-10H2,1-4H3. The van der Waals surface area contributed by atoms with Crippen LogP contribution in [0.2, 0.25) is 0 Å². The molecule has 2 N–H and O–H groups in total. The van der Waals surface area contributed by atoms with Gasteiger partial charge >= 0.3 is 0 Å². The first-order valence-electron chi connectivity index (χ1n) is 6.56. The van der Waals surface area contributed by atoms with Crippen LogP contribution in [0.25, 0.3) is 0 Å². The van der Waals surface area contributed by atoms with Crippen LogP contribution in [0.1, 0.15) is 34.1 Å². The number of nitrogens with one attached hydrogen (secondary N) is 1. The van der Waals surface area contributed by atoms with E-state index in [-0.39, 0.29) is 6.10 Å². The van der Waals surface area contributed by atoms with Crippen LogP contribution in [0.5, 0.6) is 0 Å². The second kappa shape index (κ2) is 5.99. The number of aliphatic hydroxyl groups is 1. The van der Waals surface area contributed by atoms with Crippen molar-refractivity contribution >= 4 is 0 Å². The number of hydrogen-bond acceptors (Lipinski definition) is 3. The van der Waals surface area contributed by atoms with E-state index in [0.717, 1.165) is 39.1 Å². The van der Waals surface area contributed by atoms with E-state index in [1.54, 1.807) is 0 Å². The van der Waals surface area contributed by atoms with Gasteiger partial charge in [-0.3, -0.25) is 0 Å². The highest BCUT2D eigenvalue weighted by molar-refractivity contribution is 4.82. The van der Waals surface area contributed by atoms with Gasteiger partial charge in [0.25, 0.3) is 0 Å². The minimum absolute atomic E-state index is 0.0897. The fourth-order valence-corrected chi connectivity index (χ4v) is 2.49. The average Bonchev–Trinajstić information content (AvgIpc) is 2.20. The molecule has 1 aliphatic rings. The SMILES string of the molecule is CCNCC(C)(C)CN1CCC(O)C(C)C1. The lowest BCUT2D eigenvalue weighted by Crippen LogP contribution is -2.47. The van der Waals surface area contributed by atoms with Crippen molar-refractivity contribution in [2.45, 2.75) is 40.2 Å².